The Bertz CT molecular complexity index is 613. The van der Waals surface area contributed by atoms with Crippen molar-refractivity contribution in [1.82, 2.24) is 20.0 Å². The van der Waals surface area contributed by atoms with E-state index in [2.05, 4.69) is 38.1 Å². The van der Waals surface area contributed by atoms with Crippen LogP contribution in [0.4, 0.5) is 0 Å². The van der Waals surface area contributed by atoms with Gasteiger partial charge in [0.2, 0.25) is 5.91 Å². The third-order valence-electron chi connectivity index (χ3n) is 4.98. The van der Waals surface area contributed by atoms with Gasteiger partial charge in [0.25, 0.3) is 5.91 Å². The Morgan fingerprint density at radius 3 is 2.64 bits per heavy atom. The molecule has 2 saturated heterocycles. The molecular weight excluding hydrogens is 388 g/mol. The summed E-state index contributed by atoms with van der Waals surface area (Å²) in [5, 5.41) is 2.62. The summed E-state index contributed by atoms with van der Waals surface area (Å²) >= 11 is 3.16. The van der Waals surface area contributed by atoms with Gasteiger partial charge in [-0.2, -0.15) is 0 Å². The molecule has 0 aliphatic carbocycles. The first-order chi connectivity index (χ1) is 12.0. The van der Waals surface area contributed by atoms with Crippen LogP contribution in [0, 0.1) is 0 Å². The quantitative estimate of drug-likeness (QED) is 0.798. The second kappa shape index (κ2) is 8.33. The molecular formula is C17H25BrN4O3. The molecule has 0 saturated carbocycles. The maximum absolute atomic E-state index is 12.3. The van der Waals surface area contributed by atoms with Crippen molar-refractivity contribution in [3.05, 3.63) is 22.6 Å². The number of piperidine rings is 1. The number of rotatable bonds is 4. The number of carbonyl (C=O) groups excluding carboxylic acids is 2. The zero-order valence-electron chi connectivity index (χ0n) is 14.5. The van der Waals surface area contributed by atoms with Crippen LogP contribution in [0.25, 0.3) is 0 Å². The Morgan fingerprint density at radius 1 is 1.24 bits per heavy atom. The van der Waals surface area contributed by atoms with E-state index in [-0.39, 0.29) is 24.1 Å². The van der Waals surface area contributed by atoms with Crippen molar-refractivity contribution >= 4 is 27.7 Å². The molecule has 7 nitrogen and oxygen atoms in total. The molecule has 2 aliphatic heterocycles. The molecule has 1 aromatic heterocycles. The lowest BCUT2D eigenvalue weighted by molar-refractivity contribution is -0.132. The van der Waals surface area contributed by atoms with E-state index in [4.69, 9.17) is 4.42 Å². The van der Waals surface area contributed by atoms with Gasteiger partial charge in [-0.05, 0) is 54.5 Å². The van der Waals surface area contributed by atoms with Gasteiger partial charge in [0, 0.05) is 38.8 Å². The van der Waals surface area contributed by atoms with E-state index in [1.807, 2.05) is 4.90 Å². The zero-order valence-corrected chi connectivity index (χ0v) is 16.1. The number of nitrogens with zero attached hydrogens (tertiary/aromatic N) is 3. The van der Waals surface area contributed by atoms with Crippen LogP contribution in [0.5, 0.6) is 0 Å². The Hall–Kier alpha value is -1.38. The minimum Gasteiger partial charge on any atom is -0.444 e. The lowest BCUT2D eigenvalue weighted by Gasteiger charge is -2.42. The summed E-state index contributed by atoms with van der Waals surface area (Å²) in [6.07, 6.45) is 2.49. The molecule has 138 valence electrons. The molecule has 0 aromatic carbocycles. The SMILES string of the molecule is CN1CCCC(N2CCN(C(=O)CNC(=O)c3ccc(Br)o3)CC2)C1. The molecule has 2 amide bonds. The fourth-order valence-corrected chi connectivity index (χ4v) is 3.87. The molecule has 25 heavy (non-hydrogen) atoms. The van der Waals surface area contributed by atoms with Crippen molar-refractivity contribution in [2.75, 3.05) is 52.9 Å². The van der Waals surface area contributed by atoms with Gasteiger partial charge in [-0.3, -0.25) is 14.5 Å². The number of furan rings is 1. The number of nitrogens with one attached hydrogen (secondary N) is 1. The van der Waals surface area contributed by atoms with Crippen molar-refractivity contribution in [2.45, 2.75) is 18.9 Å². The van der Waals surface area contributed by atoms with Crippen LogP contribution < -0.4 is 5.32 Å². The summed E-state index contributed by atoms with van der Waals surface area (Å²) in [6, 6.07) is 3.83. The predicted octanol–water partition coefficient (Wildman–Crippen LogP) is 1.01. The highest BCUT2D eigenvalue weighted by Crippen LogP contribution is 2.17. The normalized spacial score (nSPS) is 22.8. The van der Waals surface area contributed by atoms with Gasteiger partial charge < -0.3 is 19.5 Å². The zero-order chi connectivity index (χ0) is 17.8. The highest BCUT2D eigenvalue weighted by atomic mass is 79.9. The summed E-state index contributed by atoms with van der Waals surface area (Å²) in [5.41, 5.74) is 0. The molecule has 0 spiro atoms. The third-order valence-corrected chi connectivity index (χ3v) is 5.41. The second-order valence-corrected chi connectivity index (χ2v) is 7.54. The second-order valence-electron chi connectivity index (χ2n) is 6.76. The van der Waals surface area contributed by atoms with Gasteiger partial charge in [-0.15, -0.1) is 0 Å². The number of likely N-dealkylation sites (N-methyl/N-ethyl adjacent to an activating group) is 1. The Morgan fingerprint density at radius 2 is 2.00 bits per heavy atom. The largest absolute Gasteiger partial charge is 0.444 e. The Labute approximate surface area is 156 Å². The van der Waals surface area contributed by atoms with Gasteiger partial charge in [0.15, 0.2) is 10.4 Å². The topological polar surface area (TPSA) is 69.0 Å². The molecule has 0 radical (unpaired) electrons. The van der Waals surface area contributed by atoms with Gasteiger partial charge in [-0.1, -0.05) is 0 Å². The summed E-state index contributed by atoms with van der Waals surface area (Å²) in [4.78, 5) is 31.0. The van der Waals surface area contributed by atoms with Gasteiger partial charge >= 0.3 is 0 Å². The molecule has 2 aliphatic rings. The third kappa shape index (κ3) is 4.83. The molecule has 1 atom stereocenters. The Balaban J connectivity index is 1.41. The van der Waals surface area contributed by atoms with Gasteiger partial charge in [-0.25, -0.2) is 0 Å². The number of piperazine rings is 1. The first-order valence-corrected chi connectivity index (χ1v) is 9.56. The minimum atomic E-state index is -0.372. The molecule has 3 heterocycles. The smallest absolute Gasteiger partial charge is 0.287 e. The summed E-state index contributed by atoms with van der Waals surface area (Å²) in [7, 11) is 2.17. The highest BCUT2D eigenvalue weighted by Gasteiger charge is 2.28. The minimum absolute atomic E-state index is 0.00329. The summed E-state index contributed by atoms with van der Waals surface area (Å²) < 4.78 is 5.68. The van der Waals surface area contributed by atoms with Crippen molar-refractivity contribution in [2.24, 2.45) is 0 Å². The average Bonchev–Trinajstić information content (AvgIpc) is 3.06. The van der Waals surface area contributed by atoms with E-state index in [0.29, 0.717) is 10.7 Å². The highest BCUT2D eigenvalue weighted by molar-refractivity contribution is 9.10. The number of hydrogen-bond donors (Lipinski definition) is 1. The number of hydrogen-bond acceptors (Lipinski definition) is 5. The molecule has 8 heteroatoms. The molecule has 1 aromatic rings. The van der Waals surface area contributed by atoms with Crippen molar-refractivity contribution in [1.29, 1.82) is 0 Å². The number of halogens is 1. The van der Waals surface area contributed by atoms with Gasteiger partial charge in [0.1, 0.15) is 0 Å². The molecule has 1 unspecified atom stereocenters. The first kappa shape index (κ1) is 18.4. The average molecular weight is 413 g/mol. The molecule has 3 rings (SSSR count). The van der Waals surface area contributed by atoms with E-state index in [1.54, 1.807) is 12.1 Å². The van der Waals surface area contributed by atoms with E-state index in [1.165, 1.54) is 19.4 Å². The first-order valence-electron chi connectivity index (χ1n) is 8.77. The number of amides is 2. The number of likely N-dealkylation sites (tertiary alicyclic amines) is 1. The van der Waals surface area contributed by atoms with Crippen LogP contribution in [-0.4, -0.2) is 85.4 Å². The molecule has 1 N–H and O–H groups in total. The van der Waals surface area contributed by atoms with E-state index in [0.717, 1.165) is 32.7 Å². The van der Waals surface area contributed by atoms with Crippen LogP contribution in [0.2, 0.25) is 0 Å². The summed E-state index contributed by atoms with van der Waals surface area (Å²) in [6.45, 7) is 5.56. The van der Waals surface area contributed by atoms with Crippen LogP contribution in [-0.2, 0) is 4.79 Å². The van der Waals surface area contributed by atoms with Crippen LogP contribution in [0.1, 0.15) is 23.4 Å². The Kier molecular flexibility index (Phi) is 6.14. The fourth-order valence-electron chi connectivity index (χ4n) is 3.56. The molecule has 2 fully saturated rings. The van der Waals surface area contributed by atoms with Crippen LogP contribution in [0.15, 0.2) is 21.2 Å². The van der Waals surface area contributed by atoms with Crippen LogP contribution in [0.3, 0.4) is 0 Å². The number of carbonyl (C=O) groups is 2. The maximum Gasteiger partial charge on any atom is 0.287 e. The van der Waals surface area contributed by atoms with Crippen LogP contribution >= 0.6 is 15.9 Å². The summed E-state index contributed by atoms with van der Waals surface area (Å²) in [5.74, 6) is -0.215. The van der Waals surface area contributed by atoms with Crippen molar-refractivity contribution < 1.29 is 14.0 Å². The lowest BCUT2D eigenvalue weighted by Crippen LogP contribution is -2.56. The maximum atomic E-state index is 12.3. The lowest BCUT2D eigenvalue weighted by atomic mass is 10.0. The van der Waals surface area contributed by atoms with E-state index in [9.17, 15) is 9.59 Å². The van der Waals surface area contributed by atoms with E-state index >= 15 is 0 Å². The van der Waals surface area contributed by atoms with Gasteiger partial charge in [0.05, 0.1) is 6.54 Å². The standard InChI is InChI=1S/C17H25BrN4O3/c1-20-6-2-3-13(12-20)21-7-9-22(10-8-21)16(23)11-19-17(24)14-4-5-15(18)25-14/h4-5,13H,2-3,6-12H2,1H3,(H,19,24). The predicted molar refractivity (Wildman–Crippen MR) is 97.4 cm³/mol. The van der Waals surface area contributed by atoms with E-state index < -0.39 is 0 Å². The monoisotopic (exact) mass is 412 g/mol. The van der Waals surface area contributed by atoms with Crippen molar-refractivity contribution in [3.63, 3.8) is 0 Å². The molecule has 0 bridgehead atoms. The van der Waals surface area contributed by atoms with Crippen molar-refractivity contribution in [3.8, 4) is 0 Å². The fraction of sp³-hybridized carbons (Fsp3) is 0.647.